The van der Waals surface area contributed by atoms with Crippen LogP contribution in [0.3, 0.4) is 0 Å². The van der Waals surface area contributed by atoms with Gasteiger partial charge in [0.05, 0.1) is 0 Å². The molecule has 1 aromatic rings. The van der Waals surface area contributed by atoms with Crippen LogP contribution in [0.1, 0.15) is 77.7 Å². The van der Waals surface area contributed by atoms with Gasteiger partial charge in [0, 0.05) is 12.8 Å². The highest BCUT2D eigenvalue weighted by atomic mass is 16.6. The highest BCUT2D eigenvalue weighted by molar-refractivity contribution is 5.76. The van der Waals surface area contributed by atoms with Crippen LogP contribution in [0, 0.1) is 0 Å². The molecule has 4 heteroatoms. The molecule has 0 aromatic heterocycles. The molecule has 0 aliphatic rings. The molecule has 1 rings (SSSR count). The van der Waals surface area contributed by atoms with Crippen molar-refractivity contribution in [2.45, 2.75) is 78.6 Å². The van der Waals surface area contributed by atoms with Crippen LogP contribution in [-0.2, 0) is 16.0 Å². The Hall–Kier alpha value is -1.84. The van der Waals surface area contributed by atoms with Gasteiger partial charge in [-0.25, -0.2) is 0 Å². The van der Waals surface area contributed by atoms with E-state index in [1.807, 2.05) is 26.0 Å². The lowest BCUT2D eigenvalue weighted by atomic mass is 10.1. The van der Waals surface area contributed by atoms with Gasteiger partial charge in [-0.2, -0.15) is 0 Å². The number of carbonyl (C=O) groups excluding carboxylic acids is 2. The van der Waals surface area contributed by atoms with Gasteiger partial charge in [0.2, 0.25) is 0 Å². The molecule has 0 bridgehead atoms. The van der Waals surface area contributed by atoms with Gasteiger partial charge in [-0.1, -0.05) is 52.2 Å². The summed E-state index contributed by atoms with van der Waals surface area (Å²) < 4.78 is 11.0. The first-order valence-corrected chi connectivity index (χ1v) is 9.15. The summed E-state index contributed by atoms with van der Waals surface area (Å²) in [5.74, 6) is 0.216. The molecule has 0 heterocycles. The number of para-hydroxylation sites is 1. The van der Waals surface area contributed by atoms with Crippen LogP contribution in [0.5, 0.6) is 11.5 Å². The van der Waals surface area contributed by atoms with E-state index in [0.29, 0.717) is 24.3 Å². The predicted octanol–water partition coefficient (Wildman–Crippen LogP) is 5.22. The third-order valence-corrected chi connectivity index (χ3v) is 3.77. The lowest BCUT2D eigenvalue weighted by Crippen LogP contribution is -2.13. The van der Waals surface area contributed by atoms with E-state index in [2.05, 4.69) is 6.92 Å². The third-order valence-electron chi connectivity index (χ3n) is 3.77. The maximum absolute atomic E-state index is 12.0. The van der Waals surface area contributed by atoms with Crippen LogP contribution in [0.15, 0.2) is 18.2 Å². The molecule has 24 heavy (non-hydrogen) atoms. The molecule has 0 radical (unpaired) electrons. The highest BCUT2D eigenvalue weighted by Crippen LogP contribution is 2.33. The zero-order valence-electron chi connectivity index (χ0n) is 15.2. The second kappa shape index (κ2) is 11.7. The summed E-state index contributed by atoms with van der Waals surface area (Å²) in [5.41, 5.74) is 0.919. The van der Waals surface area contributed by atoms with Gasteiger partial charge in [-0.05, 0) is 37.3 Å². The van der Waals surface area contributed by atoms with Crippen LogP contribution >= 0.6 is 0 Å². The van der Waals surface area contributed by atoms with Crippen molar-refractivity contribution in [1.29, 1.82) is 0 Å². The largest absolute Gasteiger partial charge is 0.423 e. The molecule has 4 nitrogen and oxygen atoms in total. The van der Waals surface area contributed by atoms with E-state index in [-0.39, 0.29) is 11.9 Å². The van der Waals surface area contributed by atoms with E-state index in [0.717, 1.165) is 50.5 Å². The number of esters is 2. The molecule has 0 atom stereocenters. The summed E-state index contributed by atoms with van der Waals surface area (Å²) in [6.45, 7) is 6.17. The van der Waals surface area contributed by atoms with Crippen LogP contribution in [-0.4, -0.2) is 11.9 Å². The average molecular weight is 334 g/mol. The summed E-state index contributed by atoms with van der Waals surface area (Å²) in [5, 5.41) is 0. The second-order valence-corrected chi connectivity index (χ2v) is 6.00. The minimum Gasteiger partial charge on any atom is -0.423 e. The first-order chi connectivity index (χ1) is 11.6. The Kier molecular flexibility index (Phi) is 9.81. The second-order valence-electron chi connectivity index (χ2n) is 6.00. The standard InChI is InChI=1S/C20H30O4/c1-4-7-11-16-12-10-13-17(23-18(21)14-8-5-2)20(16)24-19(22)15-9-6-3/h10,12-13H,4-9,11,14-15H2,1-3H3. The molecule has 0 N–H and O–H groups in total. The van der Waals surface area contributed by atoms with Crippen LogP contribution in [0.2, 0.25) is 0 Å². The van der Waals surface area contributed by atoms with Gasteiger partial charge in [-0.15, -0.1) is 0 Å². The van der Waals surface area contributed by atoms with Crippen LogP contribution < -0.4 is 9.47 Å². The van der Waals surface area contributed by atoms with Crippen molar-refractivity contribution < 1.29 is 19.1 Å². The monoisotopic (exact) mass is 334 g/mol. The zero-order chi connectivity index (χ0) is 17.8. The van der Waals surface area contributed by atoms with Gasteiger partial charge < -0.3 is 9.47 Å². The van der Waals surface area contributed by atoms with Crippen molar-refractivity contribution in [3.05, 3.63) is 23.8 Å². The van der Waals surface area contributed by atoms with Crippen molar-refractivity contribution >= 4 is 11.9 Å². The lowest BCUT2D eigenvalue weighted by Gasteiger charge is -2.14. The molecule has 1 aromatic carbocycles. The number of benzene rings is 1. The topological polar surface area (TPSA) is 52.6 Å². The zero-order valence-corrected chi connectivity index (χ0v) is 15.2. The number of rotatable bonds is 11. The van der Waals surface area contributed by atoms with Gasteiger partial charge in [0.15, 0.2) is 11.5 Å². The Bertz CT molecular complexity index is 522. The van der Waals surface area contributed by atoms with Gasteiger partial charge in [0.25, 0.3) is 0 Å². The molecule has 0 aliphatic carbocycles. The highest BCUT2D eigenvalue weighted by Gasteiger charge is 2.17. The van der Waals surface area contributed by atoms with Crippen molar-refractivity contribution in [2.75, 3.05) is 0 Å². The van der Waals surface area contributed by atoms with Gasteiger partial charge in [-0.3, -0.25) is 9.59 Å². The predicted molar refractivity (Wildman–Crippen MR) is 95.4 cm³/mol. The Morgan fingerprint density at radius 3 is 2.00 bits per heavy atom. The van der Waals surface area contributed by atoms with Crippen LogP contribution in [0.25, 0.3) is 0 Å². The number of hydrogen-bond donors (Lipinski definition) is 0. The average Bonchev–Trinajstić information content (AvgIpc) is 2.58. The molecule has 134 valence electrons. The Balaban J connectivity index is 2.94. The fraction of sp³-hybridized carbons (Fsp3) is 0.600. The number of unbranched alkanes of at least 4 members (excludes halogenated alkanes) is 3. The number of aryl methyl sites for hydroxylation is 1. The van der Waals surface area contributed by atoms with Crippen molar-refractivity contribution in [3.63, 3.8) is 0 Å². The maximum atomic E-state index is 12.0. The molecular formula is C20H30O4. The fourth-order valence-corrected chi connectivity index (χ4v) is 2.30. The van der Waals surface area contributed by atoms with Crippen molar-refractivity contribution in [1.82, 2.24) is 0 Å². The minimum atomic E-state index is -0.282. The molecule has 0 fully saturated rings. The van der Waals surface area contributed by atoms with Crippen LogP contribution in [0.4, 0.5) is 0 Å². The quantitative estimate of drug-likeness (QED) is 0.411. The summed E-state index contributed by atoms with van der Waals surface area (Å²) in [4.78, 5) is 24.0. The van der Waals surface area contributed by atoms with E-state index in [9.17, 15) is 9.59 Å². The molecular weight excluding hydrogens is 304 g/mol. The van der Waals surface area contributed by atoms with Crippen molar-refractivity contribution in [3.8, 4) is 11.5 Å². The van der Waals surface area contributed by atoms with E-state index in [4.69, 9.17) is 9.47 Å². The molecule has 0 saturated heterocycles. The normalized spacial score (nSPS) is 10.5. The summed E-state index contributed by atoms with van der Waals surface area (Å²) >= 11 is 0. The number of ether oxygens (including phenoxy) is 2. The molecule has 0 unspecified atom stereocenters. The lowest BCUT2D eigenvalue weighted by molar-refractivity contribution is -0.137. The fourth-order valence-electron chi connectivity index (χ4n) is 2.30. The first kappa shape index (κ1) is 20.2. The summed E-state index contributed by atoms with van der Waals surface area (Å²) in [6, 6.07) is 5.47. The first-order valence-electron chi connectivity index (χ1n) is 9.15. The summed E-state index contributed by atoms with van der Waals surface area (Å²) in [6.07, 6.45) is 7.04. The molecule has 0 spiro atoms. The Morgan fingerprint density at radius 1 is 0.833 bits per heavy atom. The summed E-state index contributed by atoms with van der Waals surface area (Å²) in [7, 11) is 0. The van der Waals surface area contributed by atoms with Gasteiger partial charge in [0.1, 0.15) is 0 Å². The van der Waals surface area contributed by atoms with E-state index in [1.165, 1.54) is 0 Å². The maximum Gasteiger partial charge on any atom is 0.311 e. The molecule has 0 aliphatic heterocycles. The molecule has 0 amide bonds. The van der Waals surface area contributed by atoms with E-state index in [1.54, 1.807) is 6.07 Å². The smallest absolute Gasteiger partial charge is 0.311 e. The van der Waals surface area contributed by atoms with E-state index < -0.39 is 0 Å². The Morgan fingerprint density at radius 2 is 1.42 bits per heavy atom. The Labute approximate surface area is 145 Å². The number of hydrogen-bond acceptors (Lipinski definition) is 4. The van der Waals surface area contributed by atoms with Gasteiger partial charge >= 0.3 is 11.9 Å². The van der Waals surface area contributed by atoms with E-state index >= 15 is 0 Å². The third kappa shape index (κ3) is 7.16. The SMILES string of the molecule is CCCCC(=O)Oc1cccc(CCCC)c1OC(=O)CCCC. The number of carbonyl (C=O) groups is 2. The minimum absolute atomic E-state index is 0.272. The molecule has 0 saturated carbocycles. The van der Waals surface area contributed by atoms with Crippen molar-refractivity contribution in [2.24, 2.45) is 0 Å².